The normalized spacial score (nSPS) is 13.5. The molecule has 0 aromatic heterocycles. The molecular formula is C9H17NO3. The van der Waals surface area contributed by atoms with Gasteiger partial charge in [0.15, 0.2) is 0 Å². The molecular weight excluding hydrogens is 170 g/mol. The zero-order valence-corrected chi connectivity index (χ0v) is 8.55. The first-order valence-electron chi connectivity index (χ1n) is 4.26. The van der Waals surface area contributed by atoms with Crippen LogP contribution in [0.5, 0.6) is 0 Å². The molecule has 1 unspecified atom stereocenters. The number of carbonyl (C=O) groups excluding carboxylic acids is 1. The molecule has 0 aliphatic rings. The highest BCUT2D eigenvalue weighted by Gasteiger charge is 2.19. The van der Waals surface area contributed by atoms with Gasteiger partial charge in [-0.05, 0) is 20.8 Å². The second-order valence-corrected chi connectivity index (χ2v) is 4.24. The molecule has 0 aromatic rings. The third-order valence-corrected chi connectivity index (χ3v) is 1.43. The SMILES string of the molecule is CC(CC(=O)NC(C)(C)C)C(=O)O. The molecule has 0 saturated heterocycles. The molecule has 0 saturated carbocycles. The Morgan fingerprint density at radius 1 is 1.38 bits per heavy atom. The van der Waals surface area contributed by atoms with E-state index in [1.807, 2.05) is 20.8 Å². The summed E-state index contributed by atoms with van der Waals surface area (Å²) < 4.78 is 0. The summed E-state index contributed by atoms with van der Waals surface area (Å²) in [7, 11) is 0. The molecule has 0 radical (unpaired) electrons. The van der Waals surface area contributed by atoms with Crippen molar-refractivity contribution in [1.82, 2.24) is 5.32 Å². The molecule has 0 fully saturated rings. The molecule has 2 N–H and O–H groups in total. The van der Waals surface area contributed by atoms with Crippen molar-refractivity contribution >= 4 is 11.9 Å². The van der Waals surface area contributed by atoms with Crippen LogP contribution in [-0.2, 0) is 9.59 Å². The smallest absolute Gasteiger partial charge is 0.306 e. The lowest BCUT2D eigenvalue weighted by Crippen LogP contribution is -2.41. The Kier molecular flexibility index (Phi) is 3.91. The number of amides is 1. The number of rotatable bonds is 3. The fourth-order valence-electron chi connectivity index (χ4n) is 0.835. The molecule has 0 aliphatic carbocycles. The van der Waals surface area contributed by atoms with Gasteiger partial charge in [-0.1, -0.05) is 6.92 Å². The van der Waals surface area contributed by atoms with Gasteiger partial charge in [-0.2, -0.15) is 0 Å². The molecule has 1 atom stereocenters. The zero-order chi connectivity index (χ0) is 10.6. The number of hydrogen-bond donors (Lipinski definition) is 2. The lowest BCUT2D eigenvalue weighted by Gasteiger charge is -2.21. The number of hydrogen-bond acceptors (Lipinski definition) is 2. The van der Waals surface area contributed by atoms with Crippen LogP contribution in [0.25, 0.3) is 0 Å². The number of carbonyl (C=O) groups is 2. The van der Waals surface area contributed by atoms with E-state index in [0.29, 0.717) is 0 Å². The number of carboxylic acids is 1. The molecule has 76 valence electrons. The van der Waals surface area contributed by atoms with Crippen molar-refractivity contribution in [3.8, 4) is 0 Å². The van der Waals surface area contributed by atoms with Crippen LogP contribution in [0.2, 0.25) is 0 Å². The summed E-state index contributed by atoms with van der Waals surface area (Å²) in [5, 5.41) is 11.3. The van der Waals surface area contributed by atoms with Gasteiger partial charge in [0.25, 0.3) is 0 Å². The number of nitrogens with one attached hydrogen (secondary N) is 1. The summed E-state index contributed by atoms with van der Waals surface area (Å²) in [4.78, 5) is 21.6. The van der Waals surface area contributed by atoms with Crippen molar-refractivity contribution in [3.63, 3.8) is 0 Å². The zero-order valence-electron chi connectivity index (χ0n) is 8.55. The van der Waals surface area contributed by atoms with Crippen molar-refractivity contribution in [3.05, 3.63) is 0 Å². The predicted molar refractivity (Wildman–Crippen MR) is 49.3 cm³/mol. The first kappa shape index (κ1) is 11.9. The highest BCUT2D eigenvalue weighted by molar-refractivity contribution is 5.82. The lowest BCUT2D eigenvalue weighted by molar-refractivity contribution is -0.143. The third-order valence-electron chi connectivity index (χ3n) is 1.43. The van der Waals surface area contributed by atoms with Crippen LogP contribution in [0, 0.1) is 5.92 Å². The molecule has 4 nitrogen and oxygen atoms in total. The molecule has 0 rings (SSSR count). The summed E-state index contributed by atoms with van der Waals surface area (Å²) in [5.74, 6) is -1.78. The van der Waals surface area contributed by atoms with E-state index >= 15 is 0 Å². The standard InChI is InChI=1S/C9H17NO3/c1-6(8(12)13)5-7(11)10-9(2,3)4/h6H,5H2,1-4H3,(H,10,11)(H,12,13). The van der Waals surface area contributed by atoms with E-state index < -0.39 is 11.9 Å². The van der Waals surface area contributed by atoms with Crippen molar-refractivity contribution in [2.75, 3.05) is 0 Å². The summed E-state index contributed by atoms with van der Waals surface area (Å²) in [6.07, 6.45) is 0.0343. The monoisotopic (exact) mass is 187 g/mol. The second-order valence-electron chi connectivity index (χ2n) is 4.24. The van der Waals surface area contributed by atoms with Gasteiger partial charge in [0.2, 0.25) is 5.91 Å². The Morgan fingerprint density at radius 2 is 1.85 bits per heavy atom. The molecule has 0 heterocycles. The van der Waals surface area contributed by atoms with Gasteiger partial charge in [0, 0.05) is 12.0 Å². The van der Waals surface area contributed by atoms with E-state index in [0.717, 1.165) is 0 Å². The maximum atomic E-state index is 11.2. The minimum Gasteiger partial charge on any atom is -0.481 e. The number of carboxylic acid groups (broad SMARTS) is 1. The average molecular weight is 187 g/mol. The Morgan fingerprint density at radius 3 is 2.15 bits per heavy atom. The van der Waals surface area contributed by atoms with E-state index in [9.17, 15) is 9.59 Å². The van der Waals surface area contributed by atoms with Crippen LogP contribution in [-0.4, -0.2) is 22.5 Å². The van der Waals surface area contributed by atoms with Crippen LogP contribution in [0.15, 0.2) is 0 Å². The summed E-state index contributed by atoms with van der Waals surface area (Å²) in [6.45, 7) is 7.09. The maximum Gasteiger partial charge on any atom is 0.306 e. The largest absolute Gasteiger partial charge is 0.481 e. The molecule has 1 amide bonds. The van der Waals surface area contributed by atoms with Crippen LogP contribution in [0.3, 0.4) is 0 Å². The summed E-state index contributed by atoms with van der Waals surface area (Å²) >= 11 is 0. The fraction of sp³-hybridized carbons (Fsp3) is 0.778. The Hall–Kier alpha value is -1.06. The van der Waals surface area contributed by atoms with Gasteiger partial charge in [-0.3, -0.25) is 9.59 Å². The minimum atomic E-state index is -0.941. The van der Waals surface area contributed by atoms with Gasteiger partial charge in [-0.15, -0.1) is 0 Å². The van der Waals surface area contributed by atoms with Crippen molar-refractivity contribution in [2.24, 2.45) is 5.92 Å². The average Bonchev–Trinajstić information content (AvgIpc) is 1.81. The molecule has 0 aromatic carbocycles. The number of aliphatic carboxylic acids is 1. The minimum absolute atomic E-state index is 0.0343. The highest BCUT2D eigenvalue weighted by Crippen LogP contribution is 2.04. The van der Waals surface area contributed by atoms with E-state index in [1.165, 1.54) is 6.92 Å². The van der Waals surface area contributed by atoms with Crippen molar-refractivity contribution in [1.29, 1.82) is 0 Å². The first-order valence-corrected chi connectivity index (χ1v) is 4.26. The molecule has 13 heavy (non-hydrogen) atoms. The van der Waals surface area contributed by atoms with Gasteiger partial charge in [0.05, 0.1) is 5.92 Å². The van der Waals surface area contributed by atoms with Crippen LogP contribution >= 0.6 is 0 Å². The van der Waals surface area contributed by atoms with Crippen molar-refractivity contribution in [2.45, 2.75) is 39.7 Å². The van der Waals surface area contributed by atoms with Crippen LogP contribution in [0.1, 0.15) is 34.1 Å². The van der Waals surface area contributed by atoms with Gasteiger partial charge < -0.3 is 10.4 Å². The topological polar surface area (TPSA) is 66.4 Å². The molecule has 0 aliphatic heterocycles. The third kappa shape index (κ3) is 6.13. The van der Waals surface area contributed by atoms with Crippen molar-refractivity contribution < 1.29 is 14.7 Å². The van der Waals surface area contributed by atoms with E-state index in [2.05, 4.69) is 5.32 Å². The molecule has 0 spiro atoms. The quantitative estimate of drug-likeness (QED) is 0.693. The van der Waals surface area contributed by atoms with Gasteiger partial charge in [0.1, 0.15) is 0 Å². The Labute approximate surface area is 78.3 Å². The fourth-order valence-corrected chi connectivity index (χ4v) is 0.835. The predicted octanol–water partition coefficient (Wildman–Crippen LogP) is 1.01. The van der Waals surface area contributed by atoms with Gasteiger partial charge >= 0.3 is 5.97 Å². The highest BCUT2D eigenvalue weighted by atomic mass is 16.4. The lowest BCUT2D eigenvalue weighted by atomic mass is 10.1. The van der Waals surface area contributed by atoms with E-state index in [-0.39, 0.29) is 17.9 Å². The Bertz CT molecular complexity index is 205. The van der Waals surface area contributed by atoms with Crippen LogP contribution in [0.4, 0.5) is 0 Å². The van der Waals surface area contributed by atoms with Gasteiger partial charge in [-0.25, -0.2) is 0 Å². The molecule has 0 bridgehead atoms. The second kappa shape index (κ2) is 4.25. The van der Waals surface area contributed by atoms with E-state index in [4.69, 9.17) is 5.11 Å². The maximum absolute atomic E-state index is 11.2. The summed E-state index contributed by atoms with van der Waals surface area (Å²) in [5.41, 5.74) is -0.296. The van der Waals surface area contributed by atoms with E-state index in [1.54, 1.807) is 0 Å². The summed E-state index contributed by atoms with van der Waals surface area (Å²) in [6, 6.07) is 0. The van der Waals surface area contributed by atoms with Crippen LogP contribution < -0.4 is 5.32 Å². The first-order chi connectivity index (χ1) is 5.72. The Balaban J connectivity index is 3.96. The molecule has 4 heteroatoms.